The van der Waals surface area contributed by atoms with Gasteiger partial charge in [-0.25, -0.2) is 4.79 Å². The van der Waals surface area contributed by atoms with Crippen LogP contribution in [-0.4, -0.2) is 50.9 Å². The van der Waals surface area contributed by atoms with Crippen molar-refractivity contribution < 1.29 is 24.3 Å². The van der Waals surface area contributed by atoms with E-state index in [2.05, 4.69) is 5.32 Å². The van der Waals surface area contributed by atoms with Gasteiger partial charge in [0.15, 0.2) is 0 Å². The number of rotatable bonds is 3. The van der Waals surface area contributed by atoms with Crippen LogP contribution in [0.15, 0.2) is 11.3 Å². The average molecular weight is 285 g/mol. The highest BCUT2D eigenvalue weighted by molar-refractivity contribution is 8.00. The first kappa shape index (κ1) is 13.4. The summed E-state index contributed by atoms with van der Waals surface area (Å²) in [5.74, 6) is -3.07. The van der Waals surface area contributed by atoms with E-state index in [1.165, 1.54) is 18.7 Å². The van der Waals surface area contributed by atoms with E-state index in [1.54, 1.807) is 0 Å². The number of thioether (sulfide) groups is 1. The molecule has 0 bridgehead atoms. The van der Waals surface area contributed by atoms with Crippen LogP contribution in [0.25, 0.3) is 0 Å². The van der Waals surface area contributed by atoms with Crippen LogP contribution in [0.3, 0.4) is 0 Å². The molecule has 0 aromatic carbocycles. The Bertz CT molecular complexity index is 529. The predicted molar refractivity (Wildman–Crippen MR) is 64.6 cm³/mol. The van der Waals surface area contributed by atoms with Crippen molar-refractivity contribution in [1.29, 1.82) is 0 Å². The van der Waals surface area contributed by atoms with Gasteiger partial charge in [-0.05, 0) is 0 Å². The number of nitrogens with two attached hydrogens (primary N) is 1. The number of hydrogen-bond donors (Lipinski definition) is 3. The van der Waals surface area contributed by atoms with E-state index >= 15 is 0 Å². The summed E-state index contributed by atoms with van der Waals surface area (Å²) in [6.45, 7) is 1.27. The Morgan fingerprint density at radius 3 is 2.58 bits per heavy atom. The number of hydrogen-bond acceptors (Lipinski definition) is 5. The van der Waals surface area contributed by atoms with Crippen molar-refractivity contribution in [2.24, 2.45) is 5.73 Å². The van der Waals surface area contributed by atoms with Crippen LogP contribution >= 0.6 is 11.8 Å². The second kappa shape index (κ2) is 4.57. The maximum atomic E-state index is 11.9. The molecule has 2 heterocycles. The lowest BCUT2D eigenvalue weighted by Gasteiger charge is -2.49. The summed E-state index contributed by atoms with van der Waals surface area (Å²) < 4.78 is 0. The van der Waals surface area contributed by atoms with E-state index in [9.17, 15) is 19.2 Å². The Hall–Kier alpha value is -2.03. The minimum absolute atomic E-state index is 0.0941. The first-order chi connectivity index (χ1) is 8.84. The van der Waals surface area contributed by atoms with Crippen molar-refractivity contribution in [3.8, 4) is 0 Å². The normalized spacial score (nSPS) is 25.5. The van der Waals surface area contributed by atoms with Crippen LogP contribution in [0.1, 0.15) is 6.92 Å². The van der Waals surface area contributed by atoms with E-state index in [0.717, 1.165) is 4.90 Å². The molecule has 2 atom stereocenters. The largest absolute Gasteiger partial charge is 0.477 e. The molecule has 1 fully saturated rings. The van der Waals surface area contributed by atoms with Gasteiger partial charge in [0.25, 0.3) is 5.91 Å². The number of nitrogens with zero attached hydrogens (tertiary/aromatic N) is 1. The van der Waals surface area contributed by atoms with Crippen molar-refractivity contribution in [2.75, 3.05) is 5.75 Å². The number of carboxylic acid groups (broad SMARTS) is 1. The molecule has 0 radical (unpaired) electrons. The van der Waals surface area contributed by atoms with Gasteiger partial charge < -0.3 is 16.2 Å². The standard InChI is InChI=1S/C10H11N3O5S/c1-3(14)12-5-8(16)13-6(10(17)18)4(7(11)15)2-19-9(5)13/h5,9H,2H2,1H3,(H2,11,15)(H,12,14)(H,17,18)/t5?,9-/m1/s1. The summed E-state index contributed by atoms with van der Waals surface area (Å²) >= 11 is 1.19. The van der Waals surface area contributed by atoms with Crippen LogP contribution in [0.5, 0.6) is 0 Å². The van der Waals surface area contributed by atoms with Gasteiger partial charge in [0.2, 0.25) is 11.8 Å². The Kier molecular flexibility index (Phi) is 3.23. The van der Waals surface area contributed by atoms with E-state index in [0.29, 0.717) is 0 Å². The lowest BCUT2D eigenvalue weighted by atomic mass is 10.0. The van der Waals surface area contributed by atoms with Gasteiger partial charge in [-0.2, -0.15) is 0 Å². The van der Waals surface area contributed by atoms with Crippen molar-refractivity contribution in [1.82, 2.24) is 10.2 Å². The summed E-state index contributed by atoms with van der Waals surface area (Å²) in [4.78, 5) is 46.2. The summed E-state index contributed by atoms with van der Waals surface area (Å²) in [5.41, 5.74) is 4.63. The molecule has 19 heavy (non-hydrogen) atoms. The van der Waals surface area contributed by atoms with Crippen molar-refractivity contribution >= 4 is 35.5 Å². The number of fused-ring (bicyclic) bond motifs is 1. The van der Waals surface area contributed by atoms with Crippen LogP contribution in [-0.2, 0) is 19.2 Å². The molecule has 2 rings (SSSR count). The van der Waals surface area contributed by atoms with Crippen molar-refractivity contribution in [3.05, 3.63) is 11.3 Å². The molecular formula is C10H11N3O5S. The molecule has 4 N–H and O–H groups in total. The minimum Gasteiger partial charge on any atom is -0.477 e. The first-order valence-corrected chi connectivity index (χ1v) is 6.37. The van der Waals surface area contributed by atoms with E-state index < -0.39 is 29.2 Å². The van der Waals surface area contributed by atoms with Gasteiger partial charge in [0, 0.05) is 12.7 Å². The van der Waals surface area contributed by atoms with Crippen molar-refractivity contribution in [3.63, 3.8) is 0 Å². The number of β-lactam (4-membered cyclic amide) rings is 1. The monoisotopic (exact) mass is 285 g/mol. The second-order valence-corrected chi connectivity index (χ2v) is 5.19. The fraction of sp³-hybridized carbons (Fsp3) is 0.400. The third kappa shape index (κ3) is 2.05. The zero-order valence-corrected chi connectivity index (χ0v) is 10.7. The Morgan fingerprint density at radius 2 is 2.11 bits per heavy atom. The van der Waals surface area contributed by atoms with Gasteiger partial charge in [-0.1, -0.05) is 0 Å². The molecule has 0 spiro atoms. The minimum atomic E-state index is -1.38. The van der Waals surface area contributed by atoms with Crippen LogP contribution in [0, 0.1) is 0 Å². The zero-order chi connectivity index (χ0) is 14.3. The van der Waals surface area contributed by atoms with Crippen LogP contribution < -0.4 is 11.1 Å². The van der Waals surface area contributed by atoms with E-state index in [4.69, 9.17) is 10.8 Å². The average Bonchev–Trinajstić information content (AvgIpc) is 2.33. The lowest BCUT2D eigenvalue weighted by Crippen LogP contribution is -2.70. The number of nitrogens with one attached hydrogen (secondary N) is 1. The number of carbonyl (C=O) groups excluding carboxylic acids is 3. The quantitative estimate of drug-likeness (QED) is 0.526. The van der Waals surface area contributed by atoms with Crippen LogP contribution in [0.2, 0.25) is 0 Å². The van der Waals surface area contributed by atoms with Gasteiger partial charge in [0.1, 0.15) is 17.1 Å². The number of primary amides is 1. The number of aliphatic carboxylic acids is 1. The highest BCUT2D eigenvalue weighted by Crippen LogP contribution is 2.40. The Balaban J connectivity index is 2.33. The zero-order valence-electron chi connectivity index (χ0n) is 9.87. The molecule has 8 nitrogen and oxygen atoms in total. The molecule has 2 aliphatic heterocycles. The molecular weight excluding hydrogens is 274 g/mol. The number of carbonyl (C=O) groups is 4. The molecule has 2 aliphatic rings. The maximum Gasteiger partial charge on any atom is 0.353 e. The molecule has 1 saturated heterocycles. The lowest BCUT2D eigenvalue weighted by molar-refractivity contribution is -0.150. The fourth-order valence-electron chi connectivity index (χ4n) is 2.03. The van der Waals surface area contributed by atoms with Crippen molar-refractivity contribution in [2.45, 2.75) is 18.3 Å². The Labute approximate surface area is 112 Å². The molecule has 3 amide bonds. The summed E-state index contributed by atoms with van der Waals surface area (Å²) in [7, 11) is 0. The summed E-state index contributed by atoms with van der Waals surface area (Å²) in [6, 6.07) is -0.758. The number of amides is 3. The van der Waals surface area contributed by atoms with Gasteiger partial charge in [0.05, 0.1) is 5.57 Å². The Morgan fingerprint density at radius 1 is 1.47 bits per heavy atom. The third-order valence-corrected chi connectivity index (χ3v) is 4.11. The number of carboxylic acids is 1. The smallest absolute Gasteiger partial charge is 0.353 e. The highest BCUT2D eigenvalue weighted by Gasteiger charge is 2.54. The summed E-state index contributed by atoms with van der Waals surface area (Å²) in [5, 5.41) is 11.0. The first-order valence-electron chi connectivity index (χ1n) is 5.32. The molecule has 102 valence electrons. The predicted octanol–water partition coefficient (Wildman–Crippen LogP) is -1.77. The van der Waals surface area contributed by atoms with E-state index in [1.807, 2.05) is 0 Å². The molecule has 0 aliphatic carbocycles. The van der Waals surface area contributed by atoms with Gasteiger partial charge in [-0.3, -0.25) is 19.3 Å². The third-order valence-electron chi connectivity index (χ3n) is 2.83. The molecule has 0 aromatic heterocycles. The molecule has 0 aromatic rings. The topological polar surface area (TPSA) is 130 Å². The fourth-order valence-corrected chi connectivity index (χ4v) is 3.38. The molecule has 0 saturated carbocycles. The highest BCUT2D eigenvalue weighted by atomic mass is 32.2. The molecule has 9 heteroatoms. The van der Waals surface area contributed by atoms with Gasteiger partial charge in [-0.15, -0.1) is 11.8 Å². The van der Waals surface area contributed by atoms with Crippen LogP contribution in [0.4, 0.5) is 0 Å². The second-order valence-electron chi connectivity index (χ2n) is 4.08. The summed E-state index contributed by atoms with van der Waals surface area (Å²) in [6.07, 6.45) is 0. The maximum absolute atomic E-state index is 11.9. The SMILES string of the molecule is CC(=O)NC1C(=O)N2C(C(=O)O)=C(C(N)=O)CS[C@H]12. The van der Waals surface area contributed by atoms with E-state index in [-0.39, 0.29) is 22.9 Å². The molecule has 1 unspecified atom stereocenters. The van der Waals surface area contributed by atoms with Gasteiger partial charge >= 0.3 is 5.97 Å².